The lowest BCUT2D eigenvalue weighted by Gasteiger charge is -2.02. The largest absolute Gasteiger partial charge is 0.294 e. The summed E-state index contributed by atoms with van der Waals surface area (Å²) < 4.78 is 13.2. The maximum absolute atomic E-state index is 13.2. The average molecular weight is 213 g/mol. The van der Waals surface area contributed by atoms with Gasteiger partial charge in [-0.25, -0.2) is 4.39 Å². The van der Waals surface area contributed by atoms with Crippen molar-refractivity contribution in [2.24, 2.45) is 0 Å². The highest BCUT2D eigenvalue weighted by Crippen LogP contribution is 2.16. The quantitative estimate of drug-likeness (QED) is 0.704. The van der Waals surface area contributed by atoms with E-state index < -0.39 is 5.82 Å². The fraction of sp³-hybridized carbons (Fsp3) is 0.182. The van der Waals surface area contributed by atoms with E-state index in [-0.39, 0.29) is 12.2 Å². The number of carbonyl (C=O) groups is 1. The highest BCUT2D eigenvalue weighted by Gasteiger charge is 2.09. The Bertz CT molecular complexity index is 385. The number of halogens is 2. The van der Waals surface area contributed by atoms with Crippen LogP contribution < -0.4 is 0 Å². The number of ketones is 1. The normalized spacial score (nSPS) is 9.93. The minimum atomic E-state index is -0.413. The Kier molecular flexibility index (Phi) is 3.42. The summed E-state index contributed by atoms with van der Waals surface area (Å²) in [5, 5.41) is 0.427. The molecule has 0 aromatic heterocycles. The van der Waals surface area contributed by atoms with E-state index in [1.54, 1.807) is 6.92 Å². The second kappa shape index (κ2) is 4.38. The van der Waals surface area contributed by atoms with Gasteiger partial charge in [0, 0.05) is 11.4 Å². The molecule has 0 unspecified atom stereocenters. The van der Waals surface area contributed by atoms with Gasteiger partial charge in [0.25, 0.3) is 0 Å². The van der Waals surface area contributed by atoms with Crippen molar-refractivity contribution in [2.45, 2.75) is 13.3 Å². The smallest absolute Gasteiger partial charge is 0.162 e. The number of rotatable bonds is 3. The van der Waals surface area contributed by atoms with Crippen molar-refractivity contribution in [3.63, 3.8) is 0 Å². The van der Waals surface area contributed by atoms with Gasteiger partial charge in [0.2, 0.25) is 0 Å². The number of hydrogen-bond donors (Lipinski definition) is 0. The molecule has 0 N–H and O–H groups in total. The Morgan fingerprint density at radius 3 is 2.79 bits per heavy atom. The molecule has 0 aliphatic carbocycles. The van der Waals surface area contributed by atoms with E-state index in [2.05, 4.69) is 6.58 Å². The first-order valence-electron chi connectivity index (χ1n) is 4.13. The van der Waals surface area contributed by atoms with Gasteiger partial charge in [-0.3, -0.25) is 4.79 Å². The van der Waals surface area contributed by atoms with Crippen molar-refractivity contribution in [1.29, 1.82) is 0 Å². The van der Waals surface area contributed by atoms with E-state index in [1.807, 2.05) is 0 Å². The molecule has 0 spiro atoms. The van der Waals surface area contributed by atoms with Gasteiger partial charge in [0.1, 0.15) is 5.82 Å². The van der Waals surface area contributed by atoms with E-state index >= 15 is 0 Å². The van der Waals surface area contributed by atoms with Gasteiger partial charge < -0.3 is 0 Å². The van der Waals surface area contributed by atoms with Crippen LogP contribution in [-0.4, -0.2) is 5.78 Å². The van der Waals surface area contributed by atoms with Gasteiger partial charge in [-0.2, -0.15) is 0 Å². The van der Waals surface area contributed by atoms with Gasteiger partial charge in [-0.1, -0.05) is 18.2 Å². The van der Waals surface area contributed by atoms with E-state index in [9.17, 15) is 9.18 Å². The van der Waals surface area contributed by atoms with E-state index in [1.165, 1.54) is 18.2 Å². The number of carbonyl (C=O) groups excluding carboxylic acids is 1. The molecule has 0 aliphatic heterocycles. The highest BCUT2D eigenvalue weighted by molar-refractivity contribution is 6.30. The zero-order valence-electron chi connectivity index (χ0n) is 7.81. The van der Waals surface area contributed by atoms with Crippen molar-refractivity contribution in [2.75, 3.05) is 0 Å². The fourth-order valence-electron chi connectivity index (χ4n) is 1.00. The molecule has 0 aliphatic rings. The molecular weight excluding hydrogens is 203 g/mol. The lowest BCUT2D eigenvalue weighted by atomic mass is 10.0. The third-order valence-corrected chi connectivity index (χ3v) is 2.07. The van der Waals surface area contributed by atoms with Crippen LogP contribution in [-0.2, 0) is 11.2 Å². The van der Waals surface area contributed by atoms with Gasteiger partial charge in [0.05, 0.1) is 0 Å². The molecule has 0 amide bonds. The molecule has 14 heavy (non-hydrogen) atoms. The summed E-state index contributed by atoms with van der Waals surface area (Å²) >= 11 is 5.68. The topological polar surface area (TPSA) is 17.1 Å². The Balaban J connectivity index is 2.91. The second-order valence-electron chi connectivity index (χ2n) is 3.12. The highest BCUT2D eigenvalue weighted by atomic mass is 35.5. The summed E-state index contributed by atoms with van der Waals surface area (Å²) in [5.41, 5.74) is 0.731. The van der Waals surface area contributed by atoms with Gasteiger partial charge in [-0.15, -0.1) is 0 Å². The Morgan fingerprint density at radius 1 is 1.57 bits per heavy atom. The zero-order chi connectivity index (χ0) is 10.7. The predicted molar refractivity (Wildman–Crippen MR) is 54.9 cm³/mol. The fourth-order valence-corrected chi connectivity index (χ4v) is 1.20. The summed E-state index contributed by atoms with van der Waals surface area (Å²) in [6.45, 7) is 5.10. The molecule has 0 heterocycles. The molecule has 0 saturated heterocycles. The minimum absolute atomic E-state index is 0.0156. The first kappa shape index (κ1) is 10.9. The van der Waals surface area contributed by atoms with Crippen LogP contribution >= 0.6 is 11.6 Å². The zero-order valence-corrected chi connectivity index (χ0v) is 8.57. The third-order valence-electron chi connectivity index (χ3n) is 1.83. The Morgan fingerprint density at radius 2 is 2.21 bits per heavy atom. The summed E-state index contributed by atoms with van der Waals surface area (Å²) in [5.74, 6) is -0.588. The van der Waals surface area contributed by atoms with Crippen molar-refractivity contribution >= 4 is 17.4 Å². The van der Waals surface area contributed by atoms with E-state index in [0.717, 1.165) is 0 Å². The summed E-state index contributed by atoms with van der Waals surface area (Å²) in [7, 11) is 0. The van der Waals surface area contributed by atoms with Crippen LogP contribution in [0.3, 0.4) is 0 Å². The summed E-state index contributed by atoms with van der Waals surface area (Å²) in [6, 6.07) is 4.16. The third kappa shape index (κ3) is 2.67. The first-order valence-corrected chi connectivity index (χ1v) is 4.51. The number of Topliss-reactive ketones (excluding diaryl/α,β-unsaturated/α-hetero) is 1. The average Bonchev–Trinajstić information content (AvgIpc) is 2.11. The molecule has 0 radical (unpaired) electrons. The van der Waals surface area contributed by atoms with Crippen molar-refractivity contribution < 1.29 is 9.18 Å². The molecule has 1 aromatic carbocycles. The van der Waals surface area contributed by atoms with Crippen molar-refractivity contribution in [3.8, 4) is 0 Å². The number of allylic oxidation sites excluding steroid dienone is 1. The van der Waals surface area contributed by atoms with Gasteiger partial charge >= 0.3 is 0 Å². The van der Waals surface area contributed by atoms with Crippen LogP contribution in [0.2, 0.25) is 5.02 Å². The van der Waals surface area contributed by atoms with E-state index in [0.29, 0.717) is 16.2 Å². The number of hydrogen-bond acceptors (Lipinski definition) is 1. The molecule has 74 valence electrons. The van der Waals surface area contributed by atoms with E-state index in [4.69, 9.17) is 11.6 Å². The van der Waals surface area contributed by atoms with Crippen LogP contribution in [0.1, 0.15) is 12.5 Å². The lowest BCUT2D eigenvalue weighted by Crippen LogP contribution is -2.04. The summed E-state index contributed by atoms with van der Waals surface area (Å²) in [4.78, 5) is 11.3. The molecule has 0 fully saturated rings. The predicted octanol–water partition coefficient (Wildman–Crippen LogP) is 3.17. The maximum atomic E-state index is 13.2. The first-order chi connectivity index (χ1) is 6.50. The lowest BCUT2D eigenvalue weighted by molar-refractivity contribution is -0.114. The van der Waals surface area contributed by atoms with Crippen molar-refractivity contribution in [3.05, 3.63) is 46.8 Å². The molecule has 0 saturated carbocycles. The van der Waals surface area contributed by atoms with Crippen LogP contribution in [0.25, 0.3) is 0 Å². The van der Waals surface area contributed by atoms with Crippen LogP contribution in [0.4, 0.5) is 4.39 Å². The molecule has 1 rings (SSSR count). The maximum Gasteiger partial charge on any atom is 0.162 e. The Labute approximate surface area is 87.2 Å². The van der Waals surface area contributed by atoms with Crippen LogP contribution in [0, 0.1) is 5.82 Å². The molecular formula is C11H10ClFO. The molecule has 1 aromatic rings. The molecule has 3 heteroatoms. The molecule has 0 atom stereocenters. The second-order valence-corrected chi connectivity index (χ2v) is 3.55. The summed E-state index contributed by atoms with van der Waals surface area (Å²) in [6.07, 6.45) is 0.0156. The Hall–Kier alpha value is -1.15. The monoisotopic (exact) mass is 212 g/mol. The van der Waals surface area contributed by atoms with Gasteiger partial charge in [0.15, 0.2) is 5.78 Å². The van der Waals surface area contributed by atoms with Gasteiger partial charge in [-0.05, 0) is 36.3 Å². The molecule has 0 bridgehead atoms. The standard InChI is InChI=1S/C11H10ClFO/c1-7(2)11(14)6-8-5-9(12)3-4-10(8)13/h3-5H,1,6H2,2H3. The molecule has 1 nitrogen and oxygen atoms in total. The van der Waals surface area contributed by atoms with Crippen LogP contribution in [0.5, 0.6) is 0 Å². The van der Waals surface area contributed by atoms with Crippen LogP contribution in [0.15, 0.2) is 30.4 Å². The van der Waals surface area contributed by atoms with Crippen molar-refractivity contribution in [1.82, 2.24) is 0 Å². The SMILES string of the molecule is C=C(C)C(=O)Cc1cc(Cl)ccc1F. The number of benzene rings is 1. The minimum Gasteiger partial charge on any atom is -0.294 e.